The smallest absolute Gasteiger partial charge is 0.0575 e. The van der Waals surface area contributed by atoms with Crippen LogP contribution >= 0.6 is 27.5 Å². The molecule has 3 heteroatoms. The molecule has 0 aromatic heterocycles. The zero-order valence-corrected chi connectivity index (χ0v) is 15.0. The zero-order chi connectivity index (χ0) is 15.4. The van der Waals surface area contributed by atoms with Crippen molar-refractivity contribution in [1.29, 1.82) is 0 Å². The van der Waals surface area contributed by atoms with E-state index in [1.165, 1.54) is 11.1 Å². The Balaban J connectivity index is 2.32. The monoisotopic (exact) mass is 365 g/mol. The molecule has 2 unspecified atom stereocenters. The number of hydrogen-bond acceptors (Lipinski definition) is 1. The van der Waals surface area contributed by atoms with Crippen molar-refractivity contribution < 1.29 is 0 Å². The summed E-state index contributed by atoms with van der Waals surface area (Å²) >= 11 is 9.68. The molecule has 2 aromatic rings. The minimum atomic E-state index is 0.144. The maximum atomic E-state index is 6.17. The van der Waals surface area contributed by atoms with E-state index < -0.39 is 0 Å². The van der Waals surface area contributed by atoms with Crippen molar-refractivity contribution in [2.75, 3.05) is 7.05 Å². The number of hydrogen-bond donors (Lipinski definition) is 1. The van der Waals surface area contributed by atoms with Crippen LogP contribution in [0.3, 0.4) is 0 Å². The highest BCUT2D eigenvalue weighted by molar-refractivity contribution is 9.10. The molecule has 0 heterocycles. The highest BCUT2D eigenvalue weighted by Gasteiger charge is 2.14. The maximum Gasteiger partial charge on any atom is 0.0575 e. The molecule has 0 aliphatic heterocycles. The first kappa shape index (κ1) is 16.5. The SMILES string of the molecule is CCC(C)c1ccc(C(NC)c2cc(Cl)cc(Br)c2)cc1. The van der Waals surface area contributed by atoms with E-state index in [9.17, 15) is 0 Å². The molecule has 0 spiro atoms. The molecule has 0 bridgehead atoms. The van der Waals surface area contributed by atoms with Gasteiger partial charge in [0, 0.05) is 9.50 Å². The first-order chi connectivity index (χ1) is 10.0. The molecule has 0 aliphatic rings. The largest absolute Gasteiger partial charge is 0.309 e. The average molecular weight is 367 g/mol. The number of nitrogens with one attached hydrogen (secondary N) is 1. The Bertz CT molecular complexity index is 574. The Kier molecular flexibility index (Phi) is 5.86. The van der Waals surface area contributed by atoms with Crippen LogP contribution < -0.4 is 5.32 Å². The molecule has 21 heavy (non-hydrogen) atoms. The van der Waals surface area contributed by atoms with E-state index in [1.54, 1.807) is 0 Å². The summed E-state index contributed by atoms with van der Waals surface area (Å²) in [5.74, 6) is 0.604. The summed E-state index contributed by atoms with van der Waals surface area (Å²) < 4.78 is 1.00. The lowest BCUT2D eigenvalue weighted by molar-refractivity contribution is 0.688. The van der Waals surface area contributed by atoms with Crippen molar-refractivity contribution in [2.45, 2.75) is 32.2 Å². The van der Waals surface area contributed by atoms with E-state index >= 15 is 0 Å². The van der Waals surface area contributed by atoms with Gasteiger partial charge in [-0.2, -0.15) is 0 Å². The average Bonchev–Trinajstić information content (AvgIpc) is 2.47. The molecule has 0 aliphatic carbocycles. The Hall–Kier alpha value is -0.830. The number of benzene rings is 2. The van der Waals surface area contributed by atoms with E-state index in [-0.39, 0.29) is 6.04 Å². The molecule has 1 nitrogen and oxygen atoms in total. The lowest BCUT2D eigenvalue weighted by Crippen LogP contribution is -2.17. The van der Waals surface area contributed by atoms with Gasteiger partial charge in [-0.1, -0.05) is 65.6 Å². The predicted molar refractivity (Wildman–Crippen MR) is 95.2 cm³/mol. The van der Waals surface area contributed by atoms with Gasteiger partial charge in [-0.3, -0.25) is 0 Å². The fraction of sp³-hybridized carbons (Fsp3) is 0.333. The summed E-state index contributed by atoms with van der Waals surface area (Å²) in [5, 5.41) is 4.12. The summed E-state index contributed by atoms with van der Waals surface area (Å²) in [4.78, 5) is 0. The van der Waals surface area contributed by atoms with Crippen molar-refractivity contribution in [3.05, 3.63) is 68.7 Å². The lowest BCUT2D eigenvalue weighted by atomic mass is 9.94. The summed E-state index contributed by atoms with van der Waals surface area (Å²) in [7, 11) is 1.97. The molecule has 2 aromatic carbocycles. The molecule has 2 rings (SSSR count). The van der Waals surface area contributed by atoms with Crippen molar-refractivity contribution in [3.63, 3.8) is 0 Å². The molecule has 0 saturated heterocycles. The van der Waals surface area contributed by atoms with Crippen LogP contribution in [0.5, 0.6) is 0 Å². The Morgan fingerprint density at radius 1 is 1.05 bits per heavy atom. The highest BCUT2D eigenvalue weighted by atomic mass is 79.9. The first-order valence-electron chi connectivity index (χ1n) is 7.28. The normalized spacial score (nSPS) is 14.0. The highest BCUT2D eigenvalue weighted by Crippen LogP contribution is 2.29. The quantitative estimate of drug-likeness (QED) is 0.692. The van der Waals surface area contributed by atoms with Crippen LogP contribution in [0.2, 0.25) is 5.02 Å². The van der Waals surface area contributed by atoms with Gasteiger partial charge in [-0.15, -0.1) is 0 Å². The van der Waals surface area contributed by atoms with E-state index in [1.807, 2.05) is 19.2 Å². The second-order valence-electron chi connectivity index (χ2n) is 5.40. The van der Waals surface area contributed by atoms with Crippen LogP contribution in [0.25, 0.3) is 0 Å². The standard InChI is InChI=1S/C18H21BrClN/c1-4-12(2)13-5-7-14(8-6-13)18(21-3)15-9-16(19)11-17(20)10-15/h5-12,18,21H,4H2,1-3H3. The van der Waals surface area contributed by atoms with E-state index in [0.29, 0.717) is 5.92 Å². The van der Waals surface area contributed by atoms with Crippen molar-refractivity contribution in [1.82, 2.24) is 5.32 Å². The van der Waals surface area contributed by atoms with Crippen molar-refractivity contribution in [2.24, 2.45) is 0 Å². The van der Waals surface area contributed by atoms with Gasteiger partial charge >= 0.3 is 0 Å². The molecule has 2 atom stereocenters. The van der Waals surface area contributed by atoms with Crippen LogP contribution in [0.1, 0.15) is 48.9 Å². The van der Waals surface area contributed by atoms with E-state index in [4.69, 9.17) is 11.6 Å². The predicted octanol–water partition coefficient (Wildman–Crippen LogP) is 5.92. The van der Waals surface area contributed by atoms with Crippen LogP contribution in [0, 0.1) is 0 Å². The molecule has 0 radical (unpaired) electrons. The van der Waals surface area contributed by atoms with Crippen LogP contribution in [-0.4, -0.2) is 7.05 Å². The van der Waals surface area contributed by atoms with Gasteiger partial charge in [0.05, 0.1) is 6.04 Å². The second-order valence-corrected chi connectivity index (χ2v) is 6.75. The summed E-state index contributed by atoms with van der Waals surface area (Å²) in [5.41, 5.74) is 3.80. The molecule has 1 N–H and O–H groups in total. The maximum absolute atomic E-state index is 6.17. The van der Waals surface area contributed by atoms with Crippen LogP contribution in [0.4, 0.5) is 0 Å². The van der Waals surface area contributed by atoms with Crippen molar-refractivity contribution in [3.8, 4) is 0 Å². The number of halogens is 2. The molecule has 112 valence electrons. The van der Waals surface area contributed by atoms with Gasteiger partial charge in [0.2, 0.25) is 0 Å². The van der Waals surface area contributed by atoms with Gasteiger partial charge in [-0.25, -0.2) is 0 Å². The minimum absolute atomic E-state index is 0.144. The molecular weight excluding hydrogens is 346 g/mol. The van der Waals surface area contributed by atoms with Crippen molar-refractivity contribution >= 4 is 27.5 Å². The first-order valence-corrected chi connectivity index (χ1v) is 8.45. The fourth-order valence-electron chi connectivity index (χ4n) is 2.52. The Morgan fingerprint density at radius 3 is 2.19 bits per heavy atom. The molecule has 0 fully saturated rings. The van der Waals surface area contributed by atoms with Crippen LogP contribution in [-0.2, 0) is 0 Å². The summed E-state index contributed by atoms with van der Waals surface area (Å²) in [6.07, 6.45) is 1.16. The van der Waals surface area contributed by atoms with E-state index in [0.717, 1.165) is 21.5 Å². The molecular formula is C18H21BrClN. The van der Waals surface area contributed by atoms with Gasteiger partial charge in [0.25, 0.3) is 0 Å². The van der Waals surface area contributed by atoms with Gasteiger partial charge in [-0.05, 0) is 54.3 Å². The summed E-state index contributed by atoms with van der Waals surface area (Å²) in [6.45, 7) is 4.48. The topological polar surface area (TPSA) is 12.0 Å². The Labute approximate surface area is 140 Å². The lowest BCUT2D eigenvalue weighted by Gasteiger charge is -2.19. The Morgan fingerprint density at radius 2 is 1.67 bits per heavy atom. The third kappa shape index (κ3) is 4.09. The van der Waals surface area contributed by atoms with Gasteiger partial charge in [0.1, 0.15) is 0 Å². The zero-order valence-electron chi connectivity index (χ0n) is 12.7. The second kappa shape index (κ2) is 7.44. The summed E-state index contributed by atoms with van der Waals surface area (Å²) in [6, 6.07) is 15.0. The van der Waals surface area contributed by atoms with E-state index in [2.05, 4.69) is 65.4 Å². The van der Waals surface area contributed by atoms with Gasteiger partial charge < -0.3 is 5.32 Å². The third-order valence-corrected chi connectivity index (χ3v) is 4.63. The molecule has 0 amide bonds. The molecule has 0 saturated carbocycles. The number of rotatable bonds is 5. The van der Waals surface area contributed by atoms with Crippen LogP contribution in [0.15, 0.2) is 46.9 Å². The minimum Gasteiger partial charge on any atom is -0.309 e. The van der Waals surface area contributed by atoms with Gasteiger partial charge in [0.15, 0.2) is 0 Å². The fourth-order valence-corrected chi connectivity index (χ4v) is 3.41. The third-order valence-electron chi connectivity index (χ3n) is 3.96.